The second-order valence-electron chi connectivity index (χ2n) is 6.14. The molecule has 2 amide bonds. The van der Waals surface area contributed by atoms with Gasteiger partial charge in [-0.2, -0.15) is 4.98 Å². The van der Waals surface area contributed by atoms with Gasteiger partial charge in [0.05, 0.1) is 0 Å². The third kappa shape index (κ3) is 5.86. The summed E-state index contributed by atoms with van der Waals surface area (Å²) in [6, 6.07) is 12.8. The lowest BCUT2D eigenvalue weighted by Gasteiger charge is -2.08. The molecular weight excluding hydrogens is 379 g/mol. The molecule has 0 aliphatic carbocycles. The number of ether oxygens (including phenoxy) is 1. The van der Waals surface area contributed by atoms with Crippen LogP contribution in [-0.4, -0.2) is 41.7 Å². The van der Waals surface area contributed by atoms with E-state index in [1.54, 1.807) is 12.1 Å². The summed E-state index contributed by atoms with van der Waals surface area (Å²) in [7, 11) is 0. The number of nitrogens with zero attached hydrogens (tertiary/aromatic N) is 2. The zero-order valence-corrected chi connectivity index (χ0v) is 15.6. The first-order chi connectivity index (χ1) is 14.0. The summed E-state index contributed by atoms with van der Waals surface area (Å²) >= 11 is 0. The first kappa shape index (κ1) is 20.0. The molecule has 150 valence electrons. The highest BCUT2D eigenvalue weighted by Gasteiger charge is 2.15. The van der Waals surface area contributed by atoms with Gasteiger partial charge in [-0.3, -0.25) is 9.59 Å². The van der Waals surface area contributed by atoms with Gasteiger partial charge in [-0.05, 0) is 43.3 Å². The van der Waals surface area contributed by atoms with Crippen LogP contribution in [0.3, 0.4) is 0 Å². The van der Waals surface area contributed by atoms with Crippen LogP contribution in [0.15, 0.2) is 53.1 Å². The highest BCUT2D eigenvalue weighted by molar-refractivity contribution is 5.89. The first-order valence-corrected chi connectivity index (χ1v) is 8.85. The van der Waals surface area contributed by atoms with Crippen molar-refractivity contribution in [3.63, 3.8) is 0 Å². The van der Waals surface area contributed by atoms with Gasteiger partial charge in [0.15, 0.2) is 6.61 Å². The Hall–Kier alpha value is -3.75. The van der Waals surface area contributed by atoms with Crippen molar-refractivity contribution in [2.24, 2.45) is 0 Å². The first-order valence-electron chi connectivity index (χ1n) is 8.85. The van der Waals surface area contributed by atoms with E-state index in [4.69, 9.17) is 9.26 Å². The van der Waals surface area contributed by atoms with E-state index in [9.17, 15) is 14.0 Å². The second-order valence-corrected chi connectivity index (χ2v) is 6.14. The van der Waals surface area contributed by atoms with E-state index in [1.807, 2.05) is 19.1 Å². The fourth-order valence-corrected chi connectivity index (χ4v) is 2.32. The molecule has 3 aromatic rings. The molecule has 1 aromatic heterocycles. The zero-order valence-electron chi connectivity index (χ0n) is 15.6. The minimum absolute atomic E-state index is 0.123. The van der Waals surface area contributed by atoms with E-state index in [2.05, 4.69) is 20.8 Å². The number of hydrogen-bond donors (Lipinski definition) is 2. The average molecular weight is 398 g/mol. The number of aromatic nitrogens is 2. The largest absolute Gasteiger partial charge is 0.484 e. The zero-order chi connectivity index (χ0) is 20.6. The topological polar surface area (TPSA) is 106 Å². The SMILES string of the molecule is Cc1ccc(OCC(=O)NCCNC(=O)c2nc(-c3ccc(F)cc3)no2)cc1. The molecule has 2 N–H and O–H groups in total. The van der Waals surface area contributed by atoms with Gasteiger partial charge in [-0.1, -0.05) is 22.9 Å². The predicted octanol–water partition coefficient (Wildman–Crippen LogP) is 2.11. The molecule has 29 heavy (non-hydrogen) atoms. The fraction of sp³-hybridized carbons (Fsp3) is 0.200. The summed E-state index contributed by atoms with van der Waals surface area (Å²) in [6.45, 7) is 2.22. The van der Waals surface area contributed by atoms with Crippen LogP contribution in [0, 0.1) is 12.7 Å². The number of carbonyl (C=O) groups is 2. The lowest BCUT2D eigenvalue weighted by atomic mass is 10.2. The molecule has 0 aliphatic rings. The Bertz CT molecular complexity index is 971. The van der Waals surface area contributed by atoms with E-state index in [1.165, 1.54) is 24.3 Å². The van der Waals surface area contributed by atoms with Gasteiger partial charge < -0.3 is 19.9 Å². The number of amides is 2. The number of nitrogens with one attached hydrogen (secondary N) is 2. The molecular formula is C20H19FN4O4. The Labute approximate surface area is 166 Å². The van der Waals surface area contributed by atoms with Gasteiger partial charge in [0.2, 0.25) is 5.82 Å². The molecule has 0 saturated carbocycles. The molecule has 0 bridgehead atoms. The van der Waals surface area contributed by atoms with Crippen LogP contribution in [0.25, 0.3) is 11.4 Å². The third-order valence-corrected chi connectivity index (χ3v) is 3.85. The summed E-state index contributed by atoms with van der Waals surface area (Å²) in [6.07, 6.45) is 0. The maximum Gasteiger partial charge on any atom is 0.316 e. The van der Waals surface area contributed by atoms with Crippen LogP contribution < -0.4 is 15.4 Å². The minimum atomic E-state index is -0.573. The number of hydrogen-bond acceptors (Lipinski definition) is 6. The highest BCUT2D eigenvalue weighted by Crippen LogP contribution is 2.16. The average Bonchev–Trinajstić information content (AvgIpc) is 3.21. The second kappa shape index (κ2) is 9.45. The van der Waals surface area contributed by atoms with Crippen molar-refractivity contribution < 1.29 is 23.2 Å². The van der Waals surface area contributed by atoms with Crippen LogP contribution in [0.4, 0.5) is 4.39 Å². The van der Waals surface area contributed by atoms with Crippen molar-refractivity contribution in [1.82, 2.24) is 20.8 Å². The van der Waals surface area contributed by atoms with E-state index in [-0.39, 0.29) is 43.1 Å². The summed E-state index contributed by atoms with van der Waals surface area (Å²) in [5.74, 6) is -0.712. The van der Waals surface area contributed by atoms with Crippen molar-refractivity contribution in [3.05, 3.63) is 65.8 Å². The summed E-state index contributed by atoms with van der Waals surface area (Å²) < 4.78 is 23.2. The van der Waals surface area contributed by atoms with Crippen LogP contribution in [0.1, 0.15) is 16.2 Å². The maximum absolute atomic E-state index is 12.9. The third-order valence-electron chi connectivity index (χ3n) is 3.85. The Morgan fingerprint density at radius 3 is 2.45 bits per heavy atom. The Morgan fingerprint density at radius 2 is 1.72 bits per heavy atom. The maximum atomic E-state index is 12.9. The van der Waals surface area contributed by atoms with Crippen molar-refractivity contribution in [2.45, 2.75) is 6.92 Å². The molecule has 0 saturated heterocycles. The smallest absolute Gasteiger partial charge is 0.316 e. The van der Waals surface area contributed by atoms with E-state index >= 15 is 0 Å². The van der Waals surface area contributed by atoms with Crippen LogP contribution in [0.2, 0.25) is 0 Å². The molecule has 2 aromatic carbocycles. The van der Waals surface area contributed by atoms with Gasteiger partial charge in [0.1, 0.15) is 11.6 Å². The molecule has 0 radical (unpaired) electrons. The number of benzene rings is 2. The molecule has 0 unspecified atom stereocenters. The quantitative estimate of drug-likeness (QED) is 0.563. The van der Waals surface area contributed by atoms with Gasteiger partial charge in [0, 0.05) is 18.7 Å². The Kier molecular flexibility index (Phi) is 6.51. The van der Waals surface area contributed by atoms with Gasteiger partial charge in [0.25, 0.3) is 5.91 Å². The Morgan fingerprint density at radius 1 is 1.03 bits per heavy atom. The molecule has 0 aliphatic heterocycles. The molecule has 0 spiro atoms. The monoisotopic (exact) mass is 398 g/mol. The van der Waals surface area contributed by atoms with Crippen molar-refractivity contribution in [2.75, 3.05) is 19.7 Å². The van der Waals surface area contributed by atoms with Gasteiger partial charge >= 0.3 is 11.8 Å². The predicted molar refractivity (Wildman–Crippen MR) is 102 cm³/mol. The Balaban J connectivity index is 1.38. The molecule has 8 nitrogen and oxygen atoms in total. The van der Waals surface area contributed by atoms with E-state index < -0.39 is 5.91 Å². The molecule has 1 heterocycles. The summed E-state index contributed by atoms with van der Waals surface area (Å²) in [4.78, 5) is 27.8. The van der Waals surface area contributed by atoms with Crippen LogP contribution in [-0.2, 0) is 4.79 Å². The van der Waals surface area contributed by atoms with Crippen molar-refractivity contribution in [1.29, 1.82) is 0 Å². The van der Waals surface area contributed by atoms with Crippen molar-refractivity contribution in [3.8, 4) is 17.1 Å². The number of aryl methyl sites for hydroxylation is 1. The summed E-state index contributed by atoms with van der Waals surface area (Å²) in [5.41, 5.74) is 1.62. The molecule has 9 heteroatoms. The van der Waals surface area contributed by atoms with Crippen LogP contribution in [0.5, 0.6) is 5.75 Å². The van der Waals surface area contributed by atoms with Crippen molar-refractivity contribution >= 4 is 11.8 Å². The number of carbonyl (C=O) groups excluding carboxylic acids is 2. The molecule has 0 fully saturated rings. The lowest BCUT2D eigenvalue weighted by molar-refractivity contribution is -0.123. The van der Waals surface area contributed by atoms with E-state index in [0.29, 0.717) is 11.3 Å². The highest BCUT2D eigenvalue weighted by atomic mass is 19.1. The number of halogens is 1. The molecule has 0 atom stereocenters. The lowest BCUT2D eigenvalue weighted by Crippen LogP contribution is -2.36. The standard InChI is InChI=1S/C20H19FN4O4/c1-13-2-8-16(9-3-13)28-12-17(26)22-10-11-23-19(27)20-24-18(25-29-20)14-4-6-15(21)7-5-14/h2-9H,10-12H2,1H3,(H,22,26)(H,23,27). The van der Waals surface area contributed by atoms with Gasteiger partial charge in [-0.25, -0.2) is 4.39 Å². The normalized spacial score (nSPS) is 10.4. The molecule has 3 rings (SSSR count). The summed E-state index contributed by atoms with van der Waals surface area (Å²) in [5, 5.41) is 8.88. The number of rotatable bonds is 8. The minimum Gasteiger partial charge on any atom is -0.484 e. The van der Waals surface area contributed by atoms with Gasteiger partial charge in [-0.15, -0.1) is 0 Å². The van der Waals surface area contributed by atoms with E-state index in [0.717, 1.165) is 5.56 Å². The fourth-order valence-electron chi connectivity index (χ4n) is 2.32. The van der Waals surface area contributed by atoms with Crippen LogP contribution >= 0.6 is 0 Å².